The van der Waals surface area contributed by atoms with E-state index in [2.05, 4.69) is 4.72 Å². The molecule has 0 fully saturated rings. The van der Waals surface area contributed by atoms with Crippen molar-refractivity contribution in [2.24, 2.45) is 5.73 Å². The largest absolute Gasteiger partial charge is 0.355 e. The molecule has 0 saturated heterocycles. The van der Waals surface area contributed by atoms with Gasteiger partial charge >= 0.3 is 0 Å². The molecule has 0 saturated carbocycles. The molecule has 0 radical (unpaired) electrons. The van der Waals surface area contributed by atoms with Crippen LogP contribution in [-0.4, -0.2) is 47.8 Å². The summed E-state index contributed by atoms with van der Waals surface area (Å²) in [5, 5.41) is 0. The van der Waals surface area contributed by atoms with E-state index in [-0.39, 0.29) is 18.8 Å². The molecular weight excluding hydrogens is 196 g/mol. The van der Waals surface area contributed by atoms with Gasteiger partial charge in [0.1, 0.15) is 0 Å². The van der Waals surface area contributed by atoms with Crippen LogP contribution in [0.25, 0.3) is 0 Å². The lowest BCUT2D eigenvalue weighted by molar-refractivity contribution is -0.0960. The van der Waals surface area contributed by atoms with Crippen LogP contribution in [-0.2, 0) is 19.5 Å². The lowest BCUT2D eigenvalue weighted by Gasteiger charge is -2.13. The summed E-state index contributed by atoms with van der Waals surface area (Å²) >= 11 is 0. The summed E-state index contributed by atoms with van der Waals surface area (Å²) in [7, 11) is -0.410. The Balaban J connectivity index is 3.86. The normalized spacial score (nSPS) is 12.3. The lowest BCUT2D eigenvalue weighted by Crippen LogP contribution is -2.36. The summed E-state index contributed by atoms with van der Waals surface area (Å²) in [6.45, 7) is 0.190. The molecule has 0 unspecified atom stereocenters. The van der Waals surface area contributed by atoms with Gasteiger partial charge in [-0.1, -0.05) is 0 Å². The van der Waals surface area contributed by atoms with Gasteiger partial charge in [0.25, 0.3) is 0 Å². The third kappa shape index (κ3) is 5.94. The topological polar surface area (TPSA) is 90.7 Å². The fraction of sp³-hybridized carbons (Fsp3) is 1.00. The Labute approximate surface area is 78.4 Å². The number of hydrogen-bond acceptors (Lipinski definition) is 5. The predicted molar refractivity (Wildman–Crippen MR) is 48.6 cm³/mol. The van der Waals surface area contributed by atoms with Crippen LogP contribution >= 0.6 is 0 Å². The van der Waals surface area contributed by atoms with E-state index in [0.29, 0.717) is 0 Å². The predicted octanol–water partition coefficient (Wildman–Crippen LogP) is -1.52. The molecular formula is C6H16N2O4S. The Morgan fingerprint density at radius 1 is 1.38 bits per heavy atom. The van der Waals surface area contributed by atoms with Gasteiger partial charge < -0.3 is 15.2 Å². The number of nitrogens with two attached hydrogens (primary N) is 1. The first kappa shape index (κ1) is 12.8. The maximum atomic E-state index is 11.1. The van der Waals surface area contributed by atoms with Crippen molar-refractivity contribution in [1.82, 2.24) is 4.72 Å². The number of sulfonamides is 1. The number of hydrogen-bond donors (Lipinski definition) is 2. The molecule has 0 aliphatic heterocycles. The summed E-state index contributed by atoms with van der Waals surface area (Å²) in [6.07, 6.45) is -0.562. The van der Waals surface area contributed by atoms with Crippen LogP contribution in [0.2, 0.25) is 0 Å². The molecule has 0 aromatic carbocycles. The maximum Gasteiger partial charge on any atom is 0.213 e. The monoisotopic (exact) mass is 212 g/mol. The zero-order valence-electron chi connectivity index (χ0n) is 7.82. The Morgan fingerprint density at radius 2 is 1.92 bits per heavy atom. The fourth-order valence-corrected chi connectivity index (χ4v) is 1.53. The van der Waals surface area contributed by atoms with E-state index in [1.165, 1.54) is 14.2 Å². The summed E-state index contributed by atoms with van der Waals surface area (Å²) in [4.78, 5) is 0. The minimum absolute atomic E-state index is 0.0901. The van der Waals surface area contributed by atoms with Gasteiger partial charge in [-0.3, -0.25) is 0 Å². The highest BCUT2D eigenvalue weighted by Gasteiger charge is 2.12. The van der Waals surface area contributed by atoms with Crippen molar-refractivity contribution in [3.05, 3.63) is 0 Å². The van der Waals surface area contributed by atoms with Crippen LogP contribution in [0.1, 0.15) is 0 Å². The number of ether oxygens (including phenoxy) is 2. The van der Waals surface area contributed by atoms with Crippen molar-refractivity contribution in [1.29, 1.82) is 0 Å². The van der Waals surface area contributed by atoms with Crippen molar-refractivity contribution in [2.45, 2.75) is 6.29 Å². The van der Waals surface area contributed by atoms with Gasteiger partial charge in [-0.15, -0.1) is 0 Å². The van der Waals surface area contributed by atoms with Crippen LogP contribution in [0, 0.1) is 0 Å². The van der Waals surface area contributed by atoms with Crippen LogP contribution in [0.4, 0.5) is 0 Å². The van der Waals surface area contributed by atoms with Crippen molar-refractivity contribution in [3.8, 4) is 0 Å². The molecule has 0 aromatic heterocycles. The quantitative estimate of drug-likeness (QED) is 0.500. The Morgan fingerprint density at radius 3 is 2.31 bits per heavy atom. The Bertz CT molecular complexity index is 213. The average Bonchev–Trinajstić information content (AvgIpc) is 2.06. The molecule has 0 spiro atoms. The van der Waals surface area contributed by atoms with Gasteiger partial charge in [0.15, 0.2) is 6.29 Å². The van der Waals surface area contributed by atoms with Crippen molar-refractivity contribution in [3.63, 3.8) is 0 Å². The average molecular weight is 212 g/mol. The smallest absolute Gasteiger partial charge is 0.213 e. The zero-order valence-corrected chi connectivity index (χ0v) is 8.63. The Hall–Kier alpha value is -0.210. The standard InChI is InChI=1S/C6H16N2O4S/c1-11-6(12-2)5-8-13(9,10)4-3-7/h6,8H,3-5,7H2,1-2H3. The molecule has 0 atom stereocenters. The van der Waals surface area contributed by atoms with Gasteiger partial charge in [-0.25, -0.2) is 13.1 Å². The maximum absolute atomic E-state index is 11.1. The molecule has 3 N–H and O–H groups in total. The molecule has 80 valence electrons. The first-order chi connectivity index (χ1) is 6.05. The van der Waals surface area contributed by atoms with Crippen LogP contribution < -0.4 is 10.5 Å². The molecule has 0 rings (SSSR count). The molecule has 13 heavy (non-hydrogen) atoms. The van der Waals surface area contributed by atoms with Crippen LogP contribution in [0.5, 0.6) is 0 Å². The second-order valence-corrected chi connectivity index (χ2v) is 4.28. The highest BCUT2D eigenvalue weighted by atomic mass is 32.2. The van der Waals surface area contributed by atoms with Gasteiger partial charge in [0, 0.05) is 20.8 Å². The molecule has 0 aromatic rings. The third-order valence-corrected chi connectivity index (χ3v) is 2.76. The minimum atomic E-state index is -3.28. The lowest BCUT2D eigenvalue weighted by atomic mass is 10.6. The SMILES string of the molecule is COC(CNS(=O)(=O)CCN)OC. The van der Waals surface area contributed by atoms with Gasteiger partial charge in [0.2, 0.25) is 10.0 Å². The highest BCUT2D eigenvalue weighted by Crippen LogP contribution is 1.90. The van der Waals surface area contributed by atoms with Gasteiger partial charge in [-0.05, 0) is 0 Å². The molecule has 0 heterocycles. The molecule has 7 heteroatoms. The van der Waals surface area contributed by atoms with E-state index in [1.807, 2.05) is 0 Å². The first-order valence-electron chi connectivity index (χ1n) is 3.78. The summed E-state index contributed by atoms with van der Waals surface area (Å²) < 4.78 is 34.0. The highest BCUT2D eigenvalue weighted by molar-refractivity contribution is 7.89. The number of nitrogens with one attached hydrogen (secondary N) is 1. The number of methoxy groups -OCH3 is 2. The van der Waals surface area contributed by atoms with E-state index in [4.69, 9.17) is 15.2 Å². The van der Waals surface area contributed by atoms with Crippen molar-refractivity contribution < 1.29 is 17.9 Å². The van der Waals surface area contributed by atoms with Crippen LogP contribution in [0.3, 0.4) is 0 Å². The van der Waals surface area contributed by atoms with Crippen LogP contribution in [0.15, 0.2) is 0 Å². The number of rotatable bonds is 7. The molecule has 0 amide bonds. The first-order valence-corrected chi connectivity index (χ1v) is 5.44. The second-order valence-electron chi connectivity index (χ2n) is 2.36. The minimum Gasteiger partial charge on any atom is -0.355 e. The second kappa shape index (κ2) is 6.28. The summed E-state index contributed by atoms with van der Waals surface area (Å²) in [6, 6.07) is 0. The third-order valence-electron chi connectivity index (χ3n) is 1.38. The van der Waals surface area contributed by atoms with E-state index in [9.17, 15) is 8.42 Å². The van der Waals surface area contributed by atoms with E-state index < -0.39 is 16.3 Å². The van der Waals surface area contributed by atoms with E-state index in [1.54, 1.807) is 0 Å². The van der Waals surface area contributed by atoms with Gasteiger partial charge in [-0.2, -0.15) is 0 Å². The Kier molecular flexibility index (Phi) is 6.17. The van der Waals surface area contributed by atoms with Gasteiger partial charge in [0.05, 0.1) is 12.3 Å². The molecule has 0 aliphatic rings. The molecule has 0 bridgehead atoms. The van der Waals surface area contributed by atoms with E-state index in [0.717, 1.165) is 0 Å². The summed E-state index contributed by atoms with van der Waals surface area (Å²) in [5.41, 5.74) is 5.10. The molecule has 0 aliphatic carbocycles. The van der Waals surface area contributed by atoms with E-state index >= 15 is 0 Å². The van der Waals surface area contributed by atoms with Crippen molar-refractivity contribution >= 4 is 10.0 Å². The zero-order chi connectivity index (χ0) is 10.3. The summed E-state index contributed by atoms with van der Waals surface area (Å²) in [5.74, 6) is -0.0901. The van der Waals surface area contributed by atoms with Crippen molar-refractivity contribution in [2.75, 3.05) is 33.1 Å². The molecule has 6 nitrogen and oxygen atoms in total. The fourth-order valence-electron chi connectivity index (χ4n) is 0.685.